The van der Waals surface area contributed by atoms with Crippen molar-refractivity contribution in [2.45, 2.75) is 82.8 Å². The fourth-order valence-electron chi connectivity index (χ4n) is 8.05. The van der Waals surface area contributed by atoms with Crippen molar-refractivity contribution in [1.29, 1.82) is 0 Å². The third-order valence-electron chi connectivity index (χ3n) is 8.52. The molecule has 4 saturated carbocycles. The maximum Gasteiger partial charge on any atom is 0.310 e. The molecule has 4 heteroatoms. The van der Waals surface area contributed by atoms with E-state index in [4.69, 9.17) is 9.47 Å². The topological polar surface area (TPSA) is 55.8 Å². The molecule has 6 rings (SSSR count). The van der Waals surface area contributed by atoms with Crippen LogP contribution in [0.2, 0.25) is 0 Å². The molecular weight excluding hydrogens is 316 g/mol. The number of carboxylic acid groups (broad SMARTS) is 1. The summed E-state index contributed by atoms with van der Waals surface area (Å²) < 4.78 is 12.8. The lowest BCUT2D eigenvalue weighted by Gasteiger charge is -2.70. The SMILES string of the molecule is O=C(O)C12CC3CC(CC(C3)C1(C1CCCCO1)C1CCCCO1)C2. The highest BCUT2D eigenvalue weighted by atomic mass is 16.5. The zero-order valence-corrected chi connectivity index (χ0v) is 15.3. The van der Waals surface area contributed by atoms with E-state index in [0.29, 0.717) is 17.8 Å². The Bertz CT molecular complexity index is 495. The molecule has 2 aliphatic heterocycles. The van der Waals surface area contributed by atoms with Gasteiger partial charge in [-0.05, 0) is 88.4 Å². The van der Waals surface area contributed by atoms with Crippen LogP contribution in [0.25, 0.3) is 0 Å². The van der Waals surface area contributed by atoms with Gasteiger partial charge in [0.1, 0.15) is 0 Å². The summed E-state index contributed by atoms with van der Waals surface area (Å²) in [7, 11) is 0. The first-order valence-corrected chi connectivity index (χ1v) is 10.6. The van der Waals surface area contributed by atoms with Gasteiger partial charge in [-0.25, -0.2) is 0 Å². The molecule has 4 nitrogen and oxygen atoms in total. The molecule has 0 amide bonds. The summed E-state index contributed by atoms with van der Waals surface area (Å²) in [5.41, 5.74) is -0.890. The van der Waals surface area contributed by atoms with E-state index < -0.39 is 11.4 Å². The minimum atomic E-state index is -0.605. The van der Waals surface area contributed by atoms with Crippen LogP contribution in [0.5, 0.6) is 0 Å². The first-order chi connectivity index (χ1) is 12.2. The molecular formula is C21H32O4. The highest BCUT2D eigenvalue weighted by molar-refractivity contribution is 5.77. The van der Waals surface area contributed by atoms with Gasteiger partial charge >= 0.3 is 5.97 Å². The smallest absolute Gasteiger partial charge is 0.310 e. The van der Waals surface area contributed by atoms with E-state index in [1.807, 2.05) is 0 Å². The monoisotopic (exact) mass is 348 g/mol. The Balaban J connectivity index is 1.65. The van der Waals surface area contributed by atoms with Crippen LogP contribution in [0.3, 0.4) is 0 Å². The molecule has 4 unspecified atom stereocenters. The molecule has 0 aromatic carbocycles. The van der Waals surface area contributed by atoms with Gasteiger partial charge in [-0.3, -0.25) is 4.79 Å². The molecule has 25 heavy (non-hydrogen) atoms. The number of carboxylic acids is 1. The summed E-state index contributed by atoms with van der Waals surface area (Å²) in [6.45, 7) is 1.60. The van der Waals surface area contributed by atoms with Gasteiger partial charge in [0, 0.05) is 18.6 Å². The average molecular weight is 348 g/mol. The number of ether oxygens (including phenoxy) is 2. The number of aliphatic carboxylic acids is 1. The fraction of sp³-hybridized carbons (Fsp3) is 0.952. The second-order valence-corrected chi connectivity index (χ2v) is 9.58. The minimum Gasteiger partial charge on any atom is -0.481 e. The highest BCUT2D eigenvalue weighted by Gasteiger charge is 2.74. The quantitative estimate of drug-likeness (QED) is 0.837. The maximum absolute atomic E-state index is 12.8. The van der Waals surface area contributed by atoms with Crippen molar-refractivity contribution in [3.63, 3.8) is 0 Å². The lowest BCUT2D eigenvalue weighted by Crippen LogP contribution is -2.72. The molecule has 4 atom stereocenters. The van der Waals surface area contributed by atoms with E-state index in [1.54, 1.807) is 0 Å². The Kier molecular flexibility index (Phi) is 3.94. The van der Waals surface area contributed by atoms with Crippen LogP contribution in [0.1, 0.15) is 70.6 Å². The van der Waals surface area contributed by atoms with Gasteiger partial charge in [0.05, 0.1) is 17.6 Å². The third kappa shape index (κ3) is 2.16. The summed E-state index contributed by atoms with van der Waals surface area (Å²) in [5.74, 6) is 1.18. The van der Waals surface area contributed by atoms with E-state index in [9.17, 15) is 9.90 Å². The lowest BCUT2D eigenvalue weighted by molar-refractivity contribution is -0.288. The number of hydrogen-bond acceptors (Lipinski definition) is 3. The van der Waals surface area contributed by atoms with Crippen LogP contribution < -0.4 is 0 Å². The second-order valence-electron chi connectivity index (χ2n) is 9.58. The average Bonchev–Trinajstić information content (AvgIpc) is 2.63. The first-order valence-electron chi connectivity index (χ1n) is 10.6. The normalized spacial score (nSPS) is 52.2. The molecule has 2 saturated heterocycles. The van der Waals surface area contributed by atoms with E-state index in [0.717, 1.165) is 51.7 Å². The largest absolute Gasteiger partial charge is 0.481 e. The predicted molar refractivity (Wildman–Crippen MR) is 93.2 cm³/mol. The van der Waals surface area contributed by atoms with Gasteiger partial charge in [-0.2, -0.15) is 0 Å². The Hall–Kier alpha value is -0.610. The zero-order valence-electron chi connectivity index (χ0n) is 15.3. The number of rotatable bonds is 3. The second kappa shape index (κ2) is 5.95. The molecule has 4 aliphatic carbocycles. The summed E-state index contributed by atoms with van der Waals surface area (Å²) in [6.07, 6.45) is 12.3. The van der Waals surface area contributed by atoms with Crippen LogP contribution in [0.15, 0.2) is 0 Å². The molecule has 0 aromatic rings. The highest BCUT2D eigenvalue weighted by Crippen LogP contribution is 2.72. The van der Waals surface area contributed by atoms with Gasteiger partial charge in [0.15, 0.2) is 0 Å². The molecule has 0 spiro atoms. The Morgan fingerprint density at radius 3 is 1.84 bits per heavy atom. The third-order valence-corrected chi connectivity index (χ3v) is 8.52. The van der Waals surface area contributed by atoms with Crippen LogP contribution in [-0.2, 0) is 14.3 Å². The maximum atomic E-state index is 12.8. The van der Waals surface area contributed by atoms with Crippen LogP contribution in [0.4, 0.5) is 0 Å². The molecule has 6 fully saturated rings. The number of hydrogen-bond donors (Lipinski definition) is 1. The Morgan fingerprint density at radius 1 is 0.840 bits per heavy atom. The summed E-state index contributed by atoms with van der Waals surface area (Å²) in [5, 5.41) is 10.6. The van der Waals surface area contributed by atoms with Gasteiger partial charge in [0.2, 0.25) is 0 Å². The summed E-state index contributed by atoms with van der Waals surface area (Å²) in [6, 6.07) is 0. The number of carbonyl (C=O) groups is 1. The molecule has 0 aromatic heterocycles. The molecule has 4 bridgehead atoms. The molecule has 140 valence electrons. The Morgan fingerprint density at radius 2 is 1.40 bits per heavy atom. The van der Waals surface area contributed by atoms with E-state index in [2.05, 4.69) is 0 Å². The van der Waals surface area contributed by atoms with Crippen LogP contribution in [0, 0.1) is 28.6 Å². The molecule has 0 radical (unpaired) electrons. The van der Waals surface area contributed by atoms with Gasteiger partial charge in [0.25, 0.3) is 0 Å². The van der Waals surface area contributed by atoms with Crippen LogP contribution in [-0.4, -0.2) is 36.5 Å². The van der Waals surface area contributed by atoms with Crippen LogP contribution >= 0.6 is 0 Å². The van der Waals surface area contributed by atoms with Crippen molar-refractivity contribution < 1.29 is 19.4 Å². The molecule has 6 aliphatic rings. The predicted octanol–water partition coefficient (Wildman–Crippen LogP) is 4.02. The lowest BCUT2D eigenvalue weighted by atomic mass is 9.35. The Labute approximate surface area is 150 Å². The van der Waals surface area contributed by atoms with Crippen molar-refractivity contribution >= 4 is 5.97 Å². The van der Waals surface area contributed by atoms with E-state index in [-0.39, 0.29) is 17.6 Å². The molecule has 2 heterocycles. The standard InChI is InChI=1S/C21H32O4/c22-19(23)20-12-14-9-15(13-20)11-16(10-14)21(20,17-5-1-3-7-24-17)18-6-2-4-8-25-18/h14-18H,1-13H2,(H,22,23). The molecule has 1 N–H and O–H groups in total. The van der Waals surface area contributed by atoms with Gasteiger partial charge in [-0.1, -0.05) is 0 Å². The minimum absolute atomic E-state index is 0.0884. The summed E-state index contributed by atoms with van der Waals surface area (Å²) in [4.78, 5) is 12.8. The van der Waals surface area contributed by atoms with E-state index in [1.165, 1.54) is 32.1 Å². The van der Waals surface area contributed by atoms with Crippen molar-refractivity contribution in [2.75, 3.05) is 13.2 Å². The van der Waals surface area contributed by atoms with E-state index >= 15 is 0 Å². The fourth-order valence-corrected chi connectivity index (χ4v) is 8.05. The van der Waals surface area contributed by atoms with Crippen molar-refractivity contribution in [1.82, 2.24) is 0 Å². The van der Waals surface area contributed by atoms with Gasteiger partial charge < -0.3 is 14.6 Å². The zero-order chi connectivity index (χ0) is 17.1. The summed E-state index contributed by atoms with van der Waals surface area (Å²) >= 11 is 0. The first kappa shape index (κ1) is 16.6. The van der Waals surface area contributed by atoms with Gasteiger partial charge in [-0.15, -0.1) is 0 Å². The van der Waals surface area contributed by atoms with Crippen molar-refractivity contribution in [2.24, 2.45) is 28.6 Å². The van der Waals surface area contributed by atoms with Crippen molar-refractivity contribution in [3.05, 3.63) is 0 Å². The van der Waals surface area contributed by atoms with Crippen molar-refractivity contribution in [3.8, 4) is 0 Å².